The predicted molar refractivity (Wildman–Crippen MR) is 113 cm³/mol. The van der Waals surface area contributed by atoms with Gasteiger partial charge in [0.15, 0.2) is 11.5 Å². The van der Waals surface area contributed by atoms with Crippen molar-refractivity contribution >= 4 is 58.0 Å². The van der Waals surface area contributed by atoms with Crippen LogP contribution in [0.2, 0.25) is 0 Å². The summed E-state index contributed by atoms with van der Waals surface area (Å²) in [6, 6.07) is 2.29. The minimum atomic E-state index is -1.32. The van der Waals surface area contributed by atoms with Crippen LogP contribution in [-0.2, 0) is 9.59 Å². The van der Waals surface area contributed by atoms with E-state index in [4.69, 9.17) is 26.4 Å². The molecule has 0 bridgehead atoms. The monoisotopic (exact) mass is 442 g/mol. The van der Waals surface area contributed by atoms with Crippen LogP contribution in [0.15, 0.2) is 17.0 Å². The minimum absolute atomic E-state index is 0.194. The lowest BCUT2D eigenvalue weighted by Gasteiger charge is -2.27. The first kappa shape index (κ1) is 22.4. The van der Waals surface area contributed by atoms with Gasteiger partial charge in [0.2, 0.25) is 5.75 Å². The van der Waals surface area contributed by atoms with E-state index in [1.165, 1.54) is 33.1 Å². The van der Waals surface area contributed by atoms with E-state index < -0.39 is 17.9 Å². The topological polar surface area (TPSA) is 88.1 Å². The molecule has 0 saturated carbocycles. The second-order valence-corrected chi connectivity index (χ2v) is 8.29. The first-order chi connectivity index (χ1) is 13.4. The molecule has 152 valence electrons. The molecule has 1 saturated heterocycles. The molecule has 2 rings (SSSR count). The molecule has 1 amide bonds. The second-order valence-electron chi connectivity index (χ2n) is 5.63. The molecule has 1 fully saturated rings. The van der Waals surface area contributed by atoms with Crippen molar-refractivity contribution < 1.29 is 28.9 Å². The van der Waals surface area contributed by atoms with Crippen LogP contribution in [0.3, 0.4) is 0 Å². The average Bonchev–Trinajstić information content (AvgIpc) is 2.94. The van der Waals surface area contributed by atoms with Gasteiger partial charge in [-0.3, -0.25) is 9.69 Å². The summed E-state index contributed by atoms with van der Waals surface area (Å²) in [5, 5.41) is 11.5. The number of rotatable bonds is 9. The third-order valence-electron chi connectivity index (χ3n) is 3.99. The Balaban J connectivity index is 2.39. The number of thiocarbonyl (C=S) groups is 1. The normalized spacial score (nSPS) is 16.4. The fourth-order valence-corrected chi connectivity index (χ4v) is 4.48. The molecular formula is C18H20NO6S3-. The van der Waals surface area contributed by atoms with E-state index in [9.17, 15) is 14.7 Å². The maximum atomic E-state index is 12.8. The molecule has 0 unspecified atom stereocenters. The van der Waals surface area contributed by atoms with E-state index in [-0.39, 0.29) is 10.7 Å². The van der Waals surface area contributed by atoms with Crippen molar-refractivity contribution in [1.29, 1.82) is 0 Å². The smallest absolute Gasteiger partial charge is 0.266 e. The number of benzene rings is 1. The summed E-state index contributed by atoms with van der Waals surface area (Å²) in [4.78, 5) is 25.8. The molecular weight excluding hydrogens is 422 g/mol. The van der Waals surface area contributed by atoms with Crippen molar-refractivity contribution in [3.05, 3.63) is 22.6 Å². The van der Waals surface area contributed by atoms with Crippen molar-refractivity contribution in [3.63, 3.8) is 0 Å². The number of thioether (sulfide) groups is 2. The highest BCUT2D eigenvalue weighted by Crippen LogP contribution is 2.40. The van der Waals surface area contributed by atoms with Crippen molar-refractivity contribution in [3.8, 4) is 17.2 Å². The van der Waals surface area contributed by atoms with Crippen molar-refractivity contribution in [2.24, 2.45) is 0 Å². The molecule has 10 heteroatoms. The Labute approximate surface area is 177 Å². The first-order valence-electron chi connectivity index (χ1n) is 8.14. The summed E-state index contributed by atoms with van der Waals surface area (Å²) in [6.45, 7) is 0. The number of carboxylic acid groups (broad SMARTS) is 1. The number of aliphatic carboxylic acids is 1. The van der Waals surface area contributed by atoms with Gasteiger partial charge in [0.1, 0.15) is 4.32 Å². The number of methoxy groups -OCH3 is 3. The van der Waals surface area contributed by atoms with E-state index in [0.717, 1.165) is 16.7 Å². The number of hydrogen-bond donors (Lipinski definition) is 0. The average molecular weight is 443 g/mol. The highest BCUT2D eigenvalue weighted by Gasteiger charge is 2.37. The molecule has 1 heterocycles. The Kier molecular flexibility index (Phi) is 8.02. The zero-order chi connectivity index (χ0) is 20.8. The molecule has 1 aromatic carbocycles. The molecule has 0 N–H and O–H groups in total. The van der Waals surface area contributed by atoms with Crippen molar-refractivity contribution in [2.75, 3.05) is 33.3 Å². The van der Waals surface area contributed by atoms with Gasteiger partial charge in [0.25, 0.3) is 5.91 Å². The zero-order valence-corrected chi connectivity index (χ0v) is 18.3. The van der Waals surface area contributed by atoms with Crippen LogP contribution in [0.4, 0.5) is 0 Å². The molecule has 0 radical (unpaired) electrons. The lowest BCUT2D eigenvalue weighted by atomic mass is 10.1. The number of hydrogen-bond acceptors (Lipinski definition) is 9. The summed E-state index contributed by atoms with van der Waals surface area (Å²) in [5.74, 6) is 0.108. The third kappa shape index (κ3) is 4.73. The standard InChI is InChI=1S/C18H21NO6S3/c1-23-12-7-10(8-13(24-2)15(12)25-3)9-14-16(20)19(18(26)28-14)11(17(21)22)5-6-27-4/h7-9,11H,5-6H2,1-4H3,(H,21,22)/p-1/b14-9-/t11-/m1/s1. The summed E-state index contributed by atoms with van der Waals surface area (Å²) < 4.78 is 16.1. The van der Waals surface area contributed by atoms with Crippen molar-refractivity contribution in [1.82, 2.24) is 4.90 Å². The van der Waals surface area contributed by atoms with Gasteiger partial charge in [-0.05, 0) is 42.2 Å². The number of amides is 1. The Morgan fingerprint density at radius 3 is 2.36 bits per heavy atom. The van der Waals surface area contributed by atoms with Gasteiger partial charge in [-0.15, -0.1) is 0 Å². The molecule has 0 spiro atoms. The van der Waals surface area contributed by atoms with Gasteiger partial charge in [-0.25, -0.2) is 0 Å². The van der Waals surface area contributed by atoms with Gasteiger partial charge in [-0.1, -0.05) is 24.0 Å². The SMILES string of the molecule is COc1cc(/C=C2\SC(=S)N([C@H](CCSC)C(=O)[O-])C2=O)cc(OC)c1OC. The second kappa shape index (κ2) is 10.0. The largest absolute Gasteiger partial charge is 0.548 e. The molecule has 7 nitrogen and oxygen atoms in total. The first-order valence-corrected chi connectivity index (χ1v) is 10.8. The Hall–Kier alpha value is -1.91. The summed E-state index contributed by atoms with van der Waals surface area (Å²) in [5.41, 5.74) is 0.629. The number of carbonyl (C=O) groups is 2. The number of nitrogens with zero attached hydrogens (tertiary/aromatic N) is 1. The van der Waals surface area contributed by atoms with Gasteiger partial charge in [-0.2, -0.15) is 11.8 Å². The maximum Gasteiger partial charge on any atom is 0.266 e. The Bertz CT molecular complexity index is 786. The summed E-state index contributed by atoms with van der Waals surface area (Å²) in [7, 11) is 4.49. The summed E-state index contributed by atoms with van der Waals surface area (Å²) >= 11 is 7.79. The minimum Gasteiger partial charge on any atom is -0.548 e. The predicted octanol–water partition coefficient (Wildman–Crippen LogP) is 1.79. The Morgan fingerprint density at radius 1 is 1.29 bits per heavy atom. The number of ether oxygens (including phenoxy) is 3. The third-order valence-corrected chi connectivity index (χ3v) is 5.96. The maximum absolute atomic E-state index is 12.8. The molecule has 1 aliphatic rings. The van der Waals surface area contributed by atoms with E-state index in [0.29, 0.717) is 33.5 Å². The highest BCUT2D eigenvalue weighted by atomic mass is 32.2. The van der Waals surface area contributed by atoms with Crippen molar-refractivity contribution in [2.45, 2.75) is 12.5 Å². The fourth-order valence-electron chi connectivity index (χ4n) is 2.67. The van der Waals surface area contributed by atoms with E-state index in [2.05, 4.69) is 0 Å². The lowest BCUT2D eigenvalue weighted by Crippen LogP contribution is -2.50. The van der Waals surface area contributed by atoms with Crippen LogP contribution < -0.4 is 19.3 Å². The van der Waals surface area contributed by atoms with Crippen LogP contribution in [-0.4, -0.2) is 60.5 Å². The van der Waals surface area contributed by atoms with Gasteiger partial charge < -0.3 is 24.1 Å². The number of carbonyl (C=O) groups excluding carboxylic acids is 2. The van der Waals surface area contributed by atoms with Crippen LogP contribution in [0.1, 0.15) is 12.0 Å². The van der Waals surface area contributed by atoms with E-state index >= 15 is 0 Å². The fraction of sp³-hybridized carbons (Fsp3) is 0.389. The van der Waals surface area contributed by atoms with Crippen LogP contribution in [0.25, 0.3) is 6.08 Å². The quantitative estimate of drug-likeness (QED) is 0.419. The Morgan fingerprint density at radius 2 is 1.89 bits per heavy atom. The molecule has 1 atom stereocenters. The molecule has 1 aliphatic heterocycles. The number of carboxylic acids is 1. The highest BCUT2D eigenvalue weighted by molar-refractivity contribution is 8.26. The molecule has 0 aliphatic carbocycles. The molecule has 28 heavy (non-hydrogen) atoms. The molecule has 0 aromatic heterocycles. The summed E-state index contributed by atoms with van der Waals surface area (Å²) in [6.07, 6.45) is 3.74. The lowest BCUT2D eigenvalue weighted by molar-refractivity contribution is -0.310. The van der Waals surface area contributed by atoms with E-state index in [1.54, 1.807) is 18.2 Å². The van der Waals surface area contributed by atoms with Crippen LogP contribution in [0, 0.1) is 0 Å². The van der Waals surface area contributed by atoms with Gasteiger partial charge in [0.05, 0.1) is 38.2 Å². The van der Waals surface area contributed by atoms with Crippen LogP contribution in [0.5, 0.6) is 17.2 Å². The molecule has 1 aromatic rings. The van der Waals surface area contributed by atoms with E-state index in [1.807, 2.05) is 6.26 Å². The zero-order valence-electron chi connectivity index (χ0n) is 15.8. The van der Waals surface area contributed by atoms with Gasteiger partial charge >= 0.3 is 0 Å². The van der Waals surface area contributed by atoms with Crippen LogP contribution >= 0.6 is 35.7 Å². The van der Waals surface area contributed by atoms with Gasteiger partial charge in [0, 0.05) is 0 Å².